The minimum Gasteiger partial charge on any atom is -0.337 e. The van der Waals surface area contributed by atoms with Crippen LogP contribution in [-0.2, 0) is 0 Å². The van der Waals surface area contributed by atoms with Gasteiger partial charge in [0.1, 0.15) is 5.69 Å². The Balaban J connectivity index is 2.03. The van der Waals surface area contributed by atoms with Crippen LogP contribution in [0.4, 0.5) is 0 Å². The maximum absolute atomic E-state index is 12.0. The molecule has 0 aliphatic carbocycles. The molecule has 1 aromatic heterocycles. The Morgan fingerprint density at radius 2 is 2.44 bits per heavy atom. The fourth-order valence-electron chi connectivity index (χ4n) is 1.97. The minimum atomic E-state index is -0.0451. The Morgan fingerprint density at radius 1 is 1.62 bits per heavy atom. The molecule has 1 aliphatic rings. The third kappa shape index (κ3) is 2.19. The molecule has 1 fully saturated rings. The predicted molar refractivity (Wildman–Crippen MR) is 59.7 cm³/mol. The van der Waals surface area contributed by atoms with Gasteiger partial charge in [0.15, 0.2) is 0 Å². The van der Waals surface area contributed by atoms with Crippen LogP contribution < -0.4 is 5.73 Å². The Morgan fingerprint density at radius 3 is 3.00 bits per heavy atom. The highest BCUT2D eigenvalue weighted by Crippen LogP contribution is 2.19. The number of aromatic nitrogens is 2. The van der Waals surface area contributed by atoms with E-state index in [1.165, 1.54) is 12.4 Å². The Kier molecular flexibility index (Phi) is 3.14. The van der Waals surface area contributed by atoms with Gasteiger partial charge in [0.05, 0.1) is 6.20 Å². The van der Waals surface area contributed by atoms with Crippen LogP contribution >= 0.6 is 0 Å². The number of amides is 1. The first-order valence-electron chi connectivity index (χ1n) is 5.49. The molecule has 1 aliphatic heterocycles. The molecule has 1 amide bonds. The molecule has 1 saturated heterocycles. The molecule has 0 aromatic carbocycles. The molecule has 1 aromatic rings. The molecular weight excluding hydrogens is 204 g/mol. The fraction of sp³-hybridized carbons (Fsp3) is 0.545. The summed E-state index contributed by atoms with van der Waals surface area (Å²) in [6.45, 7) is 3.48. The van der Waals surface area contributed by atoms with E-state index in [1.807, 2.05) is 6.92 Å². The predicted octanol–water partition coefficient (Wildman–Crippen LogP) is 0.286. The first kappa shape index (κ1) is 11.0. The number of carbonyl (C=O) groups is 1. The molecule has 0 spiro atoms. The lowest BCUT2D eigenvalue weighted by Crippen LogP contribution is -2.33. The van der Waals surface area contributed by atoms with E-state index in [4.69, 9.17) is 5.73 Å². The maximum atomic E-state index is 12.0. The number of rotatable bonds is 2. The third-order valence-corrected chi connectivity index (χ3v) is 3.04. The van der Waals surface area contributed by atoms with Crippen LogP contribution in [0.2, 0.25) is 0 Å². The molecule has 0 saturated carbocycles. The van der Waals surface area contributed by atoms with Crippen LogP contribution in [0.1, 0.15) is 23.8 Å². The van der Waals surface area contributed by atoms with Gasteiger partial charge in [-0.05, 0) is 19.3 Å². The summed E-state index contributed by atoms with van der Waals surface area (Å²) in [5, 5.41) is 0. The summed E-state index contributed by atoms with van der Waals surface area (Å²) in [6.07, 6.45) is 5.57. The highest BCUT2D eigenvalue weighted by Gasteiger charge is 2.29. The van der Waals surface area contributed by atoms with Crippen molar-refractivity contribution in [2.75, 3.05) is 13.1 Å². The van der Waals surface area contributed by atoms with Crippen molar-refractivity contribution in [1.29, 1.82) is 0 Å². The summed E-state index contributed by atoms with van der Waals surface area (Å²) in [5.74, 6) is 0.358. The molecule has 2 N–H and O–H groups in total. The van der Waals surface area contributed by atoms with E-state index in [0.29, 0.717) is 11.6 Å². The number of hydrogen-bond donors (Lipinski definition) is 1. The number of likely N-dealkylation sites (tertiary alicyclic amines) is 1. The monoisotopic (exact) mass is 220 g/mol. The Labute approximate surface area is 94.7 Å². The molecule has 5 heteroatoms. The lowest BCUT2D eigenvalue weighted by atomic mass is 10.0. The van der Waals surface area contributed by atoms with Gasteiger partial charge in [-0.1, -0.05) is 0 Å². The summed E-state index contributed by atoms with van der Waals surface area (Å²) in [4.78, 5) is 21.7. The van der Waals surface area contributed by atoms with E-state index in [0.717, 1.165) is 19.5 Å². The van der Waals surface area contributed by atoms with E-state index in [2.05, 4.69) is 9.97 Å². The summed E-state index contributed by atoms with van der Waals surface area (Å²) in [5.41, 5.74) is 6.24. The van der Waals surface area contributed by atoms with Crippen molar-refractivity contribution >= 4 is 5.91 Å². The standard InChI is InChI=1S/C11H16N4O/c1-8(12)9-2-5-15(7-9)11(16)10-6-13-3-4-14-10/h3-4,6,8-9H,2,5,7,12H2,1H3. The largest absolute Gasteiger partial charge is 0.337 e. The number of nitrogens with two attached hydrogens (primary N) is 1. The van der Waals surface area contributed by atoms with E-state index in [1.54, 1.807) is 11.1 Å². The van der Waals surface area contributed by atoms with E-state index in [-0.39, 0.29) is 11.9 Å². The Bertz CT molecular complexity index is 366. The molecule has 86 valence electrons. The van der Waals surface area contributed by atoms with E-state index >= 15 is 0 Å². The van der Waals surface area contributed by atoms with Crippen molar-refractivity contribution < 1.29 is 4.79 Å². The van der Waals surface area contributed by atoms with Crippen molar-refractivity contribution in [3.05, 3.63) is 24.3 Å². The zero-order valence-corrected chi connectivity index (χ0v) is 9.34. The first-order valence-corrected chi connectivity index (χ1v) is 5.49. The summed E-state index contributed by atoms with van der Waals surface area (Å²) >= 11 is 0. The van der Waals surface area contributed by atoms with Crippen molar-refractivity contribution in [2.45, 2.75) is 19.4 Å². The first-order chi connectivity index (χ1) is 7.68. The maximum Gasteiger partial charge on any atom is 0.274 e. The normalized spacial score (nSPS) is 22.1. The average Bonchev–Trinajstić information content (AvgIpc) is 2.78. The van der Waals surface area contributed by atoms with Gasteiger partial charge in [-0.2, -0.15) is 0 Å². The molecule has 16 heavy (non-hydrogen) atoms. The molecule has 2 atom stereocenters. The van der Waals surface area contributed by atoms with Crippen LogP contribution in [-0.4, -0.2) is 39.9 Å². The van der Waals surface area contributed by atoms with Gasteiger partial charge in [-0.25, -0.2) is 4.98 Å². The third-order valence-electron chi connectivity index (χ3n) is 3.04. The van der Waals surface area contributed by atoms with Gasteiger partial charge < -0.3 is 10.6 Å². The lowest BCUT2D eigenvalue weighted by Gasteiger charge is -2.17. The molecular formula is C11H16N4O. The summed E-state index contributed by atoms with van der Waals surface area (Å²) < 4.78 is 0. The van der Waals surface area contributed by atoms with Crippen molar-refractivity contribution in [3.8, 4) is 0 Å². The zero-order chi connectivity index (χ0) is 11.5. The highest BCUT2D eigenvalue weighted by molar-refractivity contribution is 5.92. The van der Waals surface area contributed by atoms with Crippen molar-refractivity contribution in [1.82, 2.24) is 14.9 Å². The Hall–Kier alpha value is -1.49. The summed E-state index contributed by atoms with van der Waals surface area (Å²) in [6, 6.07) is 0.139. The quantitative estimate of drug-likeness (QED) is 0.777. The molecule has 2 unspecified atom stereocenters. The summed E-state index contributed by atoms with van der Waals surface area (Å²) in [7, 11) is 0. The minimum absolute atomic E-state index is 0.0451. The van der Waals surface area contributed by atoms with Gasteiger partial charge in [-0.3, -0.25) is 9.78 Å². The molecule has 0 radical (unpaired) electrons. The van der Waals surface area contributed by atoms with Gasteiger partial charge in [0.25, 0.3) is 5.91 Å². The van der Waals surface area contributed by atoms with Crippen LogP contribution in [0.5, 0.6) is 0 Å². The number of hydrogen-bond acceptors (Lipinski definition) is 4. The van der Waals surface area contributed by atoms with Crippen molar-refractivity contribution in [3.63, 3.8) is 0 Å². The average molecular weight is 220 g/mol. The molecule has 0 bridgehead atoms. The van der Waals surface area contributed by atoms with Crippen LogP contribution in [0.15, 0.2) is 18.6 Å². The molecule has 5 nitrogen and oxygen atoms in total. The van der Waals surface area contributed by atoms with Gasteiger partial charge in [0.2, 0.25) is 0 Å². The molecule has 2 heterocycles. The van der Waals surface area contributed by atoms with Crippen LogP contribution in [0.3, 0.4) is 0 Å². The van der Waals surface area contributed by atoms with Gasteiger partial charge in [0, 0.05) is 31.5 Å². The smallest absolute Gasteiger partial charge is 0.274 e. The highest BCUT2D eigenvalue weighted by atomic mass is 16.2. The number of carbonyl (C=O) groups excluding carboxylic acids is 1. The van der Waals surface area contributed by atoms with Crippen molar-refractivity contribution in [2.24, 2.45) is 11.7 Å². The van der Waals surface area contributed by atoms with Crippen LogP contribution in [0, 0.1) is 5.92 Å². The second-order valence-electron chi connectivity index (χ2n) is 4.25. The number of nitrogens with zero attached hydrogens (tertiary/aromatic N) is 3. The SMILES string of the molecule is CC(N)C1CCN(C(=O)c2cnccn2)C1. The topological polar surface area (TPSA) is 72.1 Å². The van der Waals surface area contributed by atoms with E-state index < -0.39 is 0 Å². The van der Waals surface area contributed by atoms with E-state index in [9.17, 15) is 4.79 Å². The zero-order valence-electron chi connectivity index (χ0n) is 9.34. The lowest BCUT2D eigenvalue weighted by molar-refractivity contribution is 0.0779. The second-order valence-corrected chi connectivity index (χ2v) is 4.25. The fourth-order valence-corrected chi connectivity index (χ4v) is 1.97. The van der Waals surface area contributed by atoms with Crippen LogP contribution in [0.25, 0.3) is 0 Å². The van der Waals surface area contributed by atoms with Gasteiger partial charge >= 0.3 is 0 Å². The molecule has 2 rings (SSSR count). The van der Waals surface area contributed by atoms with Gasteiger partial charge in [-0.15, -0.1) is 0 Å². The second kappa shape index (κ2) is 4.57.